The second kappa shape index (κ2) is 6.15. The highest BCUT2D eigenvalue weighted by molar-refractivity contribution is 14.1. The zero-order valence-corrected chi connectivity index (χ0v) is 13.0. The summed E-state index contributed by atoms with van der Waals surface area (Å²) in [7, 11) is 0. The summed E-state index contributed by atoms with van der Waals surface area (Å²) in [5.74, 6) is -0.192. The van der Waals surface area contributed by atoms with E-state index in [-0.39, 0.29) is 12.0 Å². The molecule has 0 saturated heterocycles. The first-order valence-corrected chi connectivity index (χ1v) is 7.45. The van der Waals surface area contributed by atoms with Crippen molar-refractivity contribution in [2.45, 2.75) is 31.8 Å². The van der Waals surface area contributed by atoms with Crippen LogP contribution in [0.2, 0.25) is 0 Å². The zero-order valence-electron chi connectivity index (χ0n) is 9.21. The van der Waals surface area contributed by atoms with Gasteiger partial charge in [-0.15, -0.1) is 0 Å². The molecule has 1 N–H and O–H groups in total. The van der Waals surface area contributed by atoms with Gasteiger partial charge < -0.3 is 0 Å². The van der Waals surface area contributed by atoms with Crippen molar-refractivity contribution in [3.63, 3.8) is 0 Å². The first-order valence-electron chi connectivity index (χ1n) is 5.58. The van der Waals surface area contributed by atoms with Gasteiger partial charge in [-0.3, -0.25) is 9.63 Å². The van der Waals surface area contributed by atoms with Gasteiger partial charge >= 0.3 is 0 Å². The maximum atomic E-state index is 11.9. The van der Waals surface area contributed by atoms with E-state index in [2.05, 4.69) is 44.0 Å². The molecule has 0 unspecified atom stereocenters. The molecule has 0 heterocycles. The lowest BCUT2D eigenvalue weighted by Gasteiger charge is -2.12. The van der Waals surface area contributed by atoms with E-state index in [0.717, 1.165) is 20.9 Å². The fourth-order valence-electron chi connectivity index (χ4n) is 1.87. The molecule has 1 aliphatic carbocycles. The summed E-state index contributed by atoms with van der Waals surface area (Å²) in [6.07, 6.45) is 4.63. The average Bonchev–Trinajstić information content (AvgIpc) is 2.82. The molecular weight excluding hydrogens is 397 g/mol. The summed E-state index contributed by atoms with van der Waals surface area (Å²) < 4.78 is 1.81. The van der Waals surface area contributed by atoms with Crippen LogP contribution in [0.4, 0.5) is 0 Å². The zero-order chi connectivity index (χ0) is 12.3. The summed E-state index contributed by atoms with van der Waals surface area (Å²) in [4.78, 5) is 17.3. The van der Waals surface area contributed by atoms with E-state index < -0.39 is 0 Å². The number of halogens is 2. The third kappa shape index (κ3) is 3.66. The van der Waals surface area contributed by atoms with Gasteiger partial charge in [-0.05, 0) is 69.6 Å². The van der Waals surface area contributed by atoms with E-state index in [1.54, 1.807) is 0 Å². The number of carbonyl (C=O) groups excluding carboxylic acids is 1. The van der Waals surface area contributed by atoms with E-state index in [1.165, 1.54) is 12.8 Å². The van der Waals surface area contributed by atoms with Gasteiger partial charge in [0.25, 0.3) is 5.91 Å². The Kier molecular flexibility index (Phi) is 4.81. The van der Waals surface area contributed by atoms with Crippen LogP contribution in [0.25, 0.3) is 0 Å². The lowest BCUT2D eigenvalue weighted by molar-refractivity contribution is -0.0125. The van der Waals surface area contributed by atoms with Gasteiger partial charge in [-0.1, -0.05) is 12.8 Å². The molecule has 2 rings (SSSR count). The van der Waals surface area contributed by atoms with Gasteiger partial charge in [0, 0.05) is 8.04 Å². The highest BCUT2D eigenvalue weighted by Crippen LogP contribution is 2.21. The molecule has 3 nitrogen and oxygen atoms in total. The monoisotopic (exact) mass is 409 g/mol. The summed E-state index contributed by atoms with van der Waals surface area (Å²) in [5, 5.41) is 0. The van der Waals surface area contributed by atoms with Crippen molar-refractivity contribution in [1.82, 2.24) is 5.48 Å². The first-order chi connectivity index (χ1) is 8.16. The number of nitrogens with one attached hydrogen (secondary N) is 1. The summed E-state index contributed by atoms with van der Waals surface area (Å²) in [6, 6.07) is 5.64. The van der Waals surface area contributed by atoms with Crippen molar-refractivity contribution >= 4 is 44.4 Å². The molecule has 5 heteroatoms. The summed E-state index contributed by atoms with van der Waals surface area (Å²) in [5.41, 5.74) is 3.14. The maximum Gasteiger partial charge on any atom is 0.276 e. The summed E-state index contributed by atoms with van der Waals surface area (Å²) in [6.45, 7) is 0. The smallest absolute Gasteiger partial charge is 0.270 e. The molecule has 0 aromatic heterocycles. The molecule has 0 bridgehead atoms. The van der Waals surface area contributed by atoms with Gasteiger partial charge in [-0.2, -0.15) is 0 Å². The molecule has 1 fully saturated rings. The van der Waals surface area contributed by atoms with Crippen molar-refractivity contribution in [1.29, 1.82) is 0 Å². The quantitative estimate of drug-likeness (QED) is 0.611. The Bertz CT molecular complexity index is 419. The summed E-state index contributed by atoms with van der Waals surface area (Å²) >= 11 is 5.55. The standard InChI is InChI=1S/C12H13BrINO2/c13-11-6-5-8(14)7-10(11)12(16)15-17-9-3-1-2-4-9/h5-7,9H,1-4H2,(H,15,16). The van der Waals surface area contributed by atoms with Crippen LogP contribution in [0.1, 0.15) is 36.0 Å². The van der Waals surface area contributed by atoms with Crippen molar-refractivity contribution < 1.29 is 9.63 Å². The van der Waals surface area contributed by atoms with Crippen molar-refractivity contribution in [3.8, 4) is 0 Å². The van der Waals surface area contributed by atoms with Crippen LogP contribution in [-0.4, -0.2) is 12.0 Å². The minimum atomic E-state index is -0.192. The number of hydrogen-bond acceptors (Lipinski definition) is 2. The van der Waals surface area contributed by atoms with Crippen LogP contribution in [-0.2, 0) is 4.84 Å². The second-order valence-electron chi connectivity index (χ2n) is 4.08. The van der Waals surface area contributed by atoms with Gasteiger partial charge in [0.2, 0.25) is 0 Å². The number of carbonyl (C=O) groups is 1. The molecule has 1 aromatic rings. The molecule has 1 aliphatic rings. The Morgan fingerprint density at radius 1 is 1.41 bits per heavy atom. The highest BCUT2D eigenvalue weighted by atomic mass is 127. The number of benzene rings is 1. The number of rotatable bonds is 3. The van der Waals surface area contributed by atoms with Crippen LogP contribution in [0, 0.1) is 3.57 Å². The highest BCUT2D eigenvalue weighted by Gasteiger charge is 2.18. The predicted molar refractivity (Wildman–Crippen MR) is 77.7 cm³/mol. The Balaban J connectivity index is 1.96. The molecule has 0 aliphatic heterocycles. The van der Waals surface area contributed by atoms with Crippen molar-refractivity contribution in [2.75, 3.05) is 0 Å². The topological polar surface area (TPSA) is 38.3 Å². The van der Waals surface area contributed by atoms with Crippen LogP contribution in [0.5, 0.6) is 0 Å². The third-order valence-electron chi connectivity index (χ3n) is 2.79. The SMILES string of the molecule is O=C(NOC1CCCC1)c1cc(I)ccc1Br. The Morgan fingerprint density at radius 2 is 2.12 bits per heavy atom. The van der Waals surface area contributed by atoms with E-state index in [1.807, 2.05) is 18.2 Å². The second-order valence-corrected chi connectivity index (χ2v) is 6.18. The average molecular weight is 410 g/mol. The Morgan fingerprint density at radius 3 is 2.82 bits per heavy atom. The Labute approximate surface area is 123 Å². The normalized spacial score (nSPS) is 16.1. The predicted octanol–water partition coefficient (Wildman–Crippen LogP) is 3.66. The molecule has 0 radical (unpaired) electrons. The fourth-order valence-corrected chi connectivity index (χ4v) is 2.79. The minimum Gasteiger partial charge on any atom is -0.270 e. The van der Waals surface area contributed by atoms with Gasteiger partial charge in [0.05, 0.1) is 11.7 Å². The lowest BCUT2D eigenvalue weighted by atomic mass is 10.2. The number of hydroxylamine groups is 1. The van der Waals surface area contributed by atoms with Gasteiger partial charge in [0.15, 0.2) is 0 Å². The van der Waals surface area contributed by atoms with E-state index in [4.69, 9.17) is 4.84 Å². The van der Waals surface area contributed by atoms with Crippen LogP contribution in [0.15, 0.2) is 22.7 Å². The van der Waals surface area contributed by atoms with Crippen molar-refractivity contribution in [3.05, 3.63) is 31.8 Å². The maximum absolute atomic E-state index is 11.9. The minimum absolute atomic E-state index is 0.181. The van der Waals surface area contributed by atoms with Crippen LogP contribution < -0.4 is 5.48 Å². The third-order valence-corrected chi connectivity index (χ3v) is 4.16. The van der Waals surface area contributed by atoms with E-state index >= 15 is 0 Å². The Hall–Kier alpha value is -0.140. The molecule has 0 atom stereocenters. The van der Waals surface area contributed by atoms with E-state index in [0.29, 0.717) is 5.56 Å². The van der Waals surface area contributed by atoms with Crippen LogP contribution >= 0.6 is 38.5 Å². The van der Waals surface area contributed by atoms with E-state index in [9.17, 15) is 4.79 Å². The molecule has 0 spiro atoms. The van der Waals surface area contributed by atoms with Gasteiger partial charge in [-0.25, -0.2) is 5.48 Å². The largest absolute Gasteiger partial charge is 0.276 e. The first kappa shape index (κ1) is 13.3. The van der Waals surface area contributed by atoms with Crippen LogP contribution in [0.3, 0.4) is 0 Å². The molecule has 92 valence electrons. The fraction of sp³-hybridized carbons (Fsp3) is 0.417. The number of hydrogen-bond donors (Lipinski definition) is 1. The lowest BCUT2D eigenvalue weighted by Crippen LogP contribution is -2.28. The molecular formula is C12H13BrINO2. The molecule has 1 saturated carbocycles. The number of amides is 1. The van der Waals surface area contributed by atoms with Crippen molar-refractivity contribution in [2.24, 2.45) is 0 Å². The molecule has 1 aromatic carbocycles. The molecule has 17 heavy (non-hydrogen) atoms. The molecule has 1 amide bonds. The van der Waals surface area contributed by atoms with Gasteiger partial charge in [0.1, 0.15) is 0 Å².